The summed E-state index contributed by atoms with van der Waals surface area (Å²) in [5, 5.41) is 17.0. The number of nitrogens with two attached hydrogens (primary N) is 1. The summed E-state index contributed by atoms with van der Waals surface area (Å²) < 4.78 is 5.95. The Morgan fingerprint density at radius 2 is 1.62 bits per heavy atom. The van der Waals surface area contributed by atoms with Crippen molar-refractivity contribution in [2.75, 3.05) is 54.9 Å². The molecule has 0 radical (unpaired) electrons. The predicted molar refractivity (Wildman–Crippen MR) is 158 cm³/mol. The van der Waals surface area contributed by atoms with Gasteiger partial charge in [-0.25, -0.2) is 19.7 Å². The van der Waals surface area contributed by atoms with Gasteiger partial charge >= 0.3 is 5.97 Å². The molecule has 0 spiro atoms. The van der Waals surface area contributed by atoms with Crippen LogP contribution >= 0.6 is 0 Å². The largest absolute Gasteiger partial charge is 0.477 e. The number of hydrogen-bond acceptors (Lipinski definition) is 10. The van der Waals surface area contributed by atoms with E-state index in [0.29, 0.717) is 17.5 Å². The zero-order valence-corrected chi connectivity index (χ0v) is 22.7. The molecule has 7 rings (SSSR count). The molecule has 0 bridgehead atoms. The van der Waals surface area contributed by atoms with Crippen LogP contribution in [-0.2, 0) is 0 Å². The van der Waals surface area contributed by atoms with Crippen molar-refractivity contribution < 1.29 is 14.6 Å². The molecule has 2 fully saturated rings. The van der Waals surface area contributed by atoms with Crippen molar-refractivity contribution in [1.82, 2.24) is 29.7 Å². The van der Waals surface area contributed by atoms with Gasteiger partial charge in [-0.2, -0.15) is 4.79 Å². The van der Waals surface area contributed by atoms with Crippen molar-refractivity contribution in [3.63, 3.8) is 0 Å². The number of carboxylic acids is 1. The number of ether oxygens (including phenoxy) is 1. The number of pyridine rings is 1. The maximum absolute atomic E-state index is 11.1. The lowest BCUT2D eigenvalue weighted by Gasteiger charge is -2.49. The number of para-hydroxylation sites is 1. The number of rotatable bonds is 7. The van der Waals surface area contributed by atoms with E-state index in [1.807, 2.05) is 65.5 Å². The second kappa shape index (κ2) is 10.6. The molecule has 3 N–H and O–H groups in total. The molecule has 2 aliphatic heterocycles. The standard InChI is InChI=1S/C30H29N9O3/c31-28-26-27(20-6-9-24(10-7-20)42-23-4-2-1-3-5-23)35-39(29(26)34-19-33-28)38-14-12-36(13-15-38)22-17-37(18-22)21-8-11-25(30(40)41)32-16-21/h1-11,16,19,22H,12-15,17-18H2,(H,40,41)(H2,31,33,34). The van der Waals surface area contributed by atoms with Crippen LogP contribution in [-0.4, -0.2) is 86.1 Å². The van der Waals surface area contributed by atoms with Gasteiger partial charge in [0.05, 0.1) is 17.3 Å². The van der Waals surface area contributed by atoms with Gasteiger partial charge in [-0.3, -0.25) is 9.91 Å². The highest BCUT2D eigenvalue weighted by Gasteiger charge is 2.34. The van der Waals surface area contributed by atoms with Crippen LogP contribution in [0.5, 0.6) is 11.5 Å². The number of aromatic carboxylic acids is 1. The highest BCUT2D eigenvalue weighted by molar-refractivity contribution is 5.98. The summed E-state index contributed by atoms with van der Waals surface area (Å²) in [4.78, 5) is 30.5. The average molecular weight is 564 g/mol. The van der Waals surface area contributed by atoms with Crippen molar-refractivity contribution in [2.24, 2.45) is 0 Å². The third-order valence-corrected chi connectivity index (χ3v) is 7.85. The van der Waals surface area contributed by atoms with Crippen LogP contribution in [0.4, 0.5) is 11.5 Å². The first-order chi connectivity index (χ1) is 20.5. The normalized spacial score (nSPS) is 16.0. The first kappa shape index (κ1) is 25.7. The smallest absolute Gasteiger partial charge is 0.354 e. The summed E-state index contributed by atoms with van der Waals surface area (Å²) in [6.45, 7) is 5.12. The zero-order valence-electron chi connectivity index (χ0n) is 22.7. The van der Waals surface area contributed by atoms with Gasteiger partial charge in [0, 0.05) is 50.9 Å². The Kier molecular flexibility index (Phi) is 6.51. The zero-order chi connectivity index (χ0) is 28.6. The maximum atomic E-state index is 11.1. The fourth-order valence-corrected chi connectivity index (χ4v) is 5.53. The number of nitrogen functional groups attached to an aromatic ring is 1. The second-order valence-corrected chi connectivity index (χ2v) is 10.4. The number of fused-ring (bicyclic) bond motifs is 1. The molecule has 3 aromatic heterocycles. The number of piperazine rings is 1. The van der Waals surface area contributed by atoms with Crippen LogP contribution in [0.2, 0.25) is 0 Å². The number of carboxylic acid groups (broad SMARTS) is 1. The van der Waals surface area contributed by atoms with E-state index in [1.54, 1.807) is 12.3 Å². The fourth-order valence-electron chi connectivity index (χ4n) is 5.53. The van der Waals surface area contributed by atoms with Crippen LogP contribution in [0.15, 0.2) is 79.3 Å². The van der Waals surface area contributed by atoms with Gasteiger partial charge in [0.15, 0.2) is 5.65 Å². The summed E-state index contributed by atoms with van der Waals surface area (Å²) in [5.41, 5.74) is 9.67. The fraction of sp³-hybridized carbons (Fsp3) is 0.233. The number of nitrogens with zero attached hydrogens (tertiary/aromatic N) is 8. The molecule has 5 heterocycles. The monoisotopic (exact) mass is 563 g/mol. The quantitative estimate of drug-likeness (QED) is 0.302. The summed E-state index contributed by atoms with van der Waals surface area (Å²) in [6.07, 6.45) is 3.11. The van der Waals surface area contributed by atoms with E-state index in [-0.39, 0.29) is 5.69 Å². The Bertz CT molecular complexity index is 1710. The number of carbonyl (C=O) groups is 1. The molecule has 12 nitrogen and oxygen atoms in total. The number of anilines is 2. The first-order valence-electron chi connectivity index (χ1n) is 13.8. The molecule has 212 valence electrons. The molecule has 2 saturated heterocycles. The number of hydrogen-bond donors (Lipinski definition) is 2. The lowest BCUT2D eigenvalue weighted by Crippen LogP contribution is -2.64. The van der Waals surface area contributed by atoms with E-state index in [9.17, 15) is 4.79 Å². The van der Waals surface area contributed by atoms with Crippen LogP contribution in [0, 0.1) is 0 Å². The van der Waals surface area contributed by atoms with E-state index in [4.69, 9.17) is 20.7 Å². The highest BCUT2D eigenvalue weighted by Crippen LogP contribution is 2.32. The molecule has 2 aliphatic rings. The lowest BCUT2D eigenvalue weighted by atomic mass is 10.1. The number of aromatic nitrogens is 5. The minimum atomic E-state index is -1.02. The van der Waals surface area contributed by atoms with Crippen molar-refractivity contribution in [2.45, 2.75) is 6.04 Å². The number of benzene rings is 2. The molecule has 0 amide bonds. The van der Waals surface area contributed by atoms with E-state index in [2.05, 4.69) is 29.8 Å². The molecule has 2 aromatic carbocycles. The van der Waals surface area contributed by atoms with Gasteiger partial charge in [-0.1, -0.05) is 18.2 Å². The van der Waals surface area contributed by atoms with Crippen LogP contribution < -0.4 is 20.4 Å². The van der Waals surface area contributed by atoms with Gasteiger partial charge in [0.25, 0.3) is 0 Å². The van der Waals surface area contributed by atoms with Crippen LogP contribution in [0.1, 0.15) is 10.5 Å². The predicted octanol–water partition coefficient (Wildman–Crippen LogP) is 3.10. The third-order valence-electron chi connectivity index (χ3n) is 7.85. The Hall–Kier alpha value is -5.23. The van der Waals surface area contributed by atoms with Crippen LogP contribution in [0.3, 0.4) is 0 Å². The molecule has 0 aliphatic carbocycles. The van der Waals surface area contributed by atoms with Crippen LogP contribution in [0.25, 0.3) is 22.3 Å². The topological polar surface area (TPSA) is 139 Å². The van der Waals surface area contributed by atoms with Gasteiger partial charge in [-0.05, 0) is 48.5 Å². The Morgan fingerprint density at radius 1 is 0.881 bits per heavy atom. The average Bonchev–Trinajstić information content (AvgIpc) is 3.39. The summed E-state index contributed by atoms with van der Waals surface area (Å²) >= 11 is 0. The van der Waals surface area contributed by atoms with E-state index >= 15 is 0 Å². The second-order valence-electron chi connectivity index (χ2n) is 10.4. The summed E-state index contributed by atoms with van der Waals surface area (Å²) in [5.74, 6) is 0.887. The first-order valence-corrected chi connectivity index (χ1v) is 13.8. The molecule has 0 unspecified atom stereocenters. The van der Waals surface area contributed by atoms with Gasteiger partial charge < -0.3 is 20.5 Å². The van der Waals surface area contributed by atoms with Crippen molar-refractivity contribution in [3.8, 4) is 22.8 Å². The molecule has 0 saturated carbocycles. The molecular weight excluding hydrogens is 534 g/mol. The Morgan fingerprint density at radius 3 is 2.31 bits per heavy atom. The van der Waals surface area contributed by atoms with Gasteiger partial charge in [0.1, 0.15) is 35.0 Å². The van der Waals surface area contributed by atoms with Crippen molar-refractivity contribution in [1.29, 1.82) is 0 Å². The van der Waals surface area contributed by atoms with Gasteiger partial charge in [0.2, 0.25) is 0 Å². The molecule has 5 aromatic rings. The minimum Gasteiger partial charge on any atom is -0.477 e. The molecule has 42 heavy (non-hydrogen) atoms. The van der Waals surface area contributed by atoms with E-state index in [1.165, 1.54) is 6.33 Å². The molecule has 0 atom stereocenters. The maximum Gasteiger partial charge on any atom is 0.354 e. The molecular formula is C30H29N9O3. The van der Waals surface area contributed by atoms with Gasteiger partial charge in [-0.15, -0.1) is 5.10 Å². The highest BCUT2D eigenvalue weighted by atomic mass is 16.5. The summed E-state index contributed by atoms with van der Waals surface area (Å²) in [7, 11) is 0. The minimum absolute atomic E-state index is 0.0577. The Labute approximate surface area is 241 Å². The molecule has 12 heteroatoms. The van der Waals surface area contributed by atoms with Crippen molar-refractivity contribution in [3.05, 3.63) is 84.9 Å². The lowest BCUT2D eigenvalue weighted by molar-refractivity contribution is 0.0690. The summed E-state index contributed by atoms with van der Waals surface area (Å²) in [6, 6.07) is 21.3. The van der Waals surface area contributed by atoms with E-state index < -0.39 is 5.97 Å². The third kappa shape index (κ3) is 4.81. The SMILES string of the molecule is Nc1ncnc2c1c(-c1ccc(Oc3ccccc3)cc1)nn2N1CCN(C2CN(c3ccc(C(=O)O)nc3)C2)CC1. The Balaban J connectivity index is 1.04. The van der Waals surface area contributed by atoms with E-state index in [0.717, 1.165) is 73.1 Å². The van der Waals surface area contributed by atoms with Crippen molar-refractivity contribution >= 4 is 28.5 Å².